The first-order chi connectivity index (χ1) is 21.7. The molecule has 0 fully saturated rings. The highest BCUT2D eigenvalue weighted by atomic mass is 79.9. The molecule has 8 bridgehead atoms. The van der Waals surface area contributed by atoms with E-state index in [-0.39, 0.29) is 12.8 Å². The highest BCUT2D eigenvalue weighted by molar-refractivity contribution is 9.15. The number of carboxylic acid groups (broad SMARTS) is 2. The molecule has 0 aliphatic carbocycles. The van der Waals surface area contributed by atoms with Crippen molar-refractivity contribution in [1.29, 1.82) is 0 Å². The van der Waals surface area contributed by atoms with Crippen LogP contribution in [0.1, 0.15) is 94.0 Å². The normalized spacial score (nSPS) is 13.3. The quantitative estimate of drug-likeness (QED) is 0.131. The van der Waals surface area contributed by atoms with Gasteiger partial charge in [0.25, 0.3) is 0 Å². The third-order valence-electron chi connectivity index (χ3n) is 9.16. The molecule has 0 saturated heterocycles. The van der Waals surface area contributed by atoms with Crippen LogP contribution < -0.4 is 21.4 Å². The van der Waals surface area contributed by atoms with Crippen LogP contribution in [0.5, 0.6) is 0 Å². The maximum atomic E-state index is 11.7. The Kier molecular flexibility index (Phi) is 10.2. The van der Waals surface area contributed by atoms with Gasteiger partial charge in [0.15, 0.2) is 0 Å². The minimum Gasteiger partial charge on any atom is -0.481 e. The lowest BCUT2D eigenvalue weighted by molar-refractivity contribution is -0.138. The molecular formula is C34H36Br4N4O4. The Morgan fingerprint density at radius 2 is 0.870 bits per heavy atom. The molecule has 0 unspecified atom stereocenters. The van der Waals surface area contributed by atoms with E-state index in [1.807, 2.05) is 13.8 Å². The zero-order chi connectivity index (χ0) is 33.8. The molecule has 0 aromatic carbocycles. The number of hydrogen-bond donors (Lipinski definition) is 6. The van der Waals surface area contributed by atoms with E-state index < -0.39 is 11.9 Å². The van der Waals surface area contributed by atoms with Gasteiger partial charge in [-0.3, -0.25) is 9.59 Å². The summed E-state index contributed by atoms with van der Waals surface area (Å²) < 4.78 is 3.31. The van der Waals surface area contributed by atoms with Crippen LogP contribution in [0.25, 0.3) is 17.9 Å². The van der Waals surface area contributed by atoms with Crippen molar-refractivity contribution < 1.29 is 19.8 Å². The van der Waals surface area contributed by atoms with Crippen LogP contribution in [-0.2, 0) is 35.3 Å². The predicted octanol–water partition coefficient (Wildman–Crippen LogP) is 5.91. The molecule has 5 rings (SSSR count). The number of halogens is 4. The van der Waals surface area contributed by atoms with Gasteiger partial charge in [0, 0.05) is 12.8 Å². The lowest BCUT2D eigenvalue weighted by Gasteiger charge is -2.05. The summed E-state index contributed by atoms with van der Waals surface area (Å²) in [5.74, 6) is -1.76. The monoisotopic (exact) mass is 880 g/mol. The number of rotatable bonds is 8. The highest BCUT2D eigenvalue weighted by Crippen LogP contribution is 2.35. The van der Waals surface area contributed by atoms with Gasteiger partial charge < -0.3 is 30.1 Å². The SMILES string of the molecule is CCc1c2[nH]c(c1C)C(Br)=c1[nH]c(c(C)c1CC)=C(Br)c1[nH]c(c(CCC(=O)O)c1C)C(Br)=c1[nH]c(c(C)c1CCC(=O)O)=C2Br. The molecule has 1 aliphatic rings. The van der Waals surface area contributed by atoms with Crippen LogP contribution in [0, 0.1) is 27.7 Å². The van der Waals surface area contributed by atoms with Crippen LogP contribution in [0.3, 0.4) is 0 Å². The minimum absolute atomic E-state index is 0.0366. The summed E-state index contributed by atoms with van der Waals surface area (Å²) in [6, 6.07) is 0. The maximum Gasteiger partial charge on any atom is 0.303 e. The number of aromatic amines is 4. The van der Waals surface area contributed by atoms with E-state index in [1.165, 1.54) is 11.1 Å². The van der Waals surface area contributed by atoms with Crippen LogP contribution >= 0.6 is 63.7 Å². The van der Waals surface area contributed by atoms with Gasteiger partial charge in [0.05, 0.1) is 62.1 Å². The minimum atomic E-state index is -0.880. The van der Waals surface area contributed by atoms with Gasteiger partial charge in [-0.15, -0.1) is 0 Å². The molecule has 4 aromatic heterocycles. The number of nitrogens with one attached hydrogen (secondary N) is 4. The molecule has 4 aromatic rings. The standard InChI is InChI=1S/C34H36Br4N4O4/c1-7-17-13(3)27-23(35)29-15(5)19(9-11-21(43)44)33(41-29)26(38)34-20(10-12-22(45)46)16(6)30(42-34)25(37)32-18(8-2)14(4)28(40-32)24(36)31(17)39-27/h39-42H,7-12H2,1-6H3,(H,43,44)(H,45,46). The summed E-state index contributed by atoms with van der Waals surface area (Å²) in [6.45, 7) is 12.5. The van der Waals surface area contributed by atoms with E-state index in [0.717, 1.165) is 104 Å². The fourth-order valence-corrected chi connectivity index (χ4v) is 9.57. The molecule has 0 amide bonds. The number of aliphatic carboxylic acids is 2. The van der Waals surface area contributed by atoms with Crippen molar-refractivity contribution in [3.8, 4) is 0 Å². The average molecular weight is 884 g/mol. The van der Waals surface area contributed by atoms with Crippen molar-refractivity contribution in [2.24, 2.45) is 0 Å². The van der Waals surface area contributed by atoms with E-state index in [2.05, 4.69) is 111 Å². The van der Waals surface area contributed by atoms with E-state index in [0.29, 0.717) is 17.3 Å². The largest absolute Gasteiger partial charge is 0.481 e. The van der Waals surface area contributed by atoms with Gasteiger partial charge in [-0.2, -0.15) is 0 Å². The number of H-pyrrole nitrogens is 4. The summed E-state index contributed by atoms with van der Waals surface area (Å²) in [5, 5.41) is 22.8. The molecule has 46 heavy (non-hydrogen) atoms. The zero-order valence-electron chi connectivity index (χ0n) is 26.5. The molecule has 1 aliphatic heterocycles. The smallest absolute Gasteiger partial charge is 0.303 e. The van der Waals surface area contributed by atoms with Gasteiger partial charge in [0.1, 0.15) is 0 Å². The van der Waals surface area contributed by atoms with Crippen molar-refractivity contribution in [2.75, 3.05) is 0 Å². The van der Waals surface area contributed by atoms with Gasteiger partial charge in [0.2, 0.25) is 0 Å². The summed E-state index contributed by atoms with van der Waals surface area (Å²) >= 11 is 15.7. The summed E-state index contributed by atoms with van der Waals surface area (Å²) in [4.78, 5) is 38.2. The molecule has 0 saturated carbocycles. The second kappa shape index (κ2) is 13.5. The number of fused-ring (bicyclic) bond motifs is 8. The van der Waals surface area contributed by atoms with Crippen molar-refractivity contribution in [1.82, 2.24) is 19.9 Å². The second-order valence-corrected chi connectivity index (χ2v) is 14.8. The number of carboxylic acids is 2. The molecule has 6 N–H and O–H groups in total. The van der Waals surface area contributed by atoms with Gasteiger partial charge in [-0.05, 0) is 162 Å². The summed E-state index contributed by atoms with van der Waals surface area (Å²) in [5.41, 5.74) is 11.7. The Labute approximate surface area is 300 Å². The Hall–Kier alpha value is -2.54. The Bertz CT molecular complexity index is 2180. The lowest BCUT2D eigenvalue weighted by atomic mass is 10.0. The first kappa shape index (κ1) is 34.8. The number of aromatic nitrogens is 4. The molecule has 5 heterocycles. The van der Waals surface area contributed by atoms with Crippen molar-refractivity contribution in [2.45, 2.75) is 80.1 Å². The van der Waals surface area contributed by atoms with E-state index in [1.54, 1.807) is 0 Å². The Morgan fingerprint density at radius 3 is 1.37 bits per heavy atom. The van der Waals surface area contributed by atoms with E-state index in [4.69, 9.17) is 0 Å². The highest BCUT2D eigenvalue weighted by Gasteiger charge is 2.25. The van der Waals surface area contributed by atoms with Crippen molar-refractivity contribution >= 4 is 93.6 Å². The fraction of sp³-hybridized carbons (Fsp3) is 0.353. The molecule has 0 atom stereocenters. The number of hydrogen-bond acceptors (Lipinski definition) is 2. The Balaban J connectivity index is 2.06. The molecule has 8 nitrogen and oxygen atoms in total. The van der Waals surface area contributed by atoms with Gasteiger partial charge in [-0.1, -0.05) is 13.8 Å². The van der Waals surface area contributed by atoms with Crippen molar-refractivity contribution in [3.05, 3.63) is 88.7 Å². The molecule has 0 radical (unpaired) electrons. The predicted molar refractivity (Wildman–Crippen MR) is 197 cm³/mol. The van der Waals surface area contributed by atoms with Gasteiger partial charge in [-0.25, -0.2) is 0 Å². The first-order valence-electron chi connectivity index (χ1n) is 15.1. The topological polar surface area (TPSA) is 138 Å². The molecule has 0 spiro atoms. The molecule has 244 valence electrons. The van der Waals surface area contributed by atoms with Gasteiger partial charge >= 0.3 is 11.9 Å². The summed E-state index contributed by atoms with van der Waals surface area (Å²) in [6.07, 6.45) is 2.17. The van der Waals surface area contributed by atoms with Crippen LogP contribution in [0.15, 0.2) is 0 Å². The van der Waals surface area contributed by atoms with E-state index in [9.17, 15) is 19.8 Å². The van der Waals surface area contributed by atoms with Crippen LogP contribution in [0.4, 0.5) is 0 Å². The third-order valence-corrected chi connectivity index (χ3v) is 12.3. The van der Waals surface area contributed by atoms with Crippen LogP contribution in [-0.4, -0.2) is 42.1 Å². The Morgan fingerprint density at radius 1 is 0.500 bits per heavy atom. The van der Waals surface area contributed by atoms with Crippen LogP contribution in [0.2, 0.25) is 0 Å². The second-order valence-electron chi connectivity index (χ2n) is 11.7. The molecular weight excluding hydrogens is 848 g/mol. The third kappa shape index (κ3) is 5.88. The summed E-state index contributed by atoms with van der Waals surface area (Å²) in [7, 11) is 0. The van der Waals surface area contributed by atoms with Crippen molar-refractivity contribution in [3.63, 3.8) is 0 Å². The first-order valence-corrected chi connectivity index (χ1v) is 18.3. The van der Waals surface area contributed by atoms with E-state index >= 15 is 0 Å². The maximum absolute atomic E-state index is 11.7. The fourth-order valence-electron chi connectivity index (χ4n) is 6.63. The zero-order valence-corrected chi connectivity index (χ0v) is 32.8. The molecule has 12 heteroatoms. The number of carbonyl (C=O) groups is 2. The average Bonchev–Trinajstić information content (AvgIpc) is 3.73. The lowest BCUT2D eigenvalue weighted by Crippen LogP contribution is -2.17.